The third-order valence-electron chi connectivity index (χ3n) is 3.58. The fraction of sp³-hybridized carbons (Fsp3) is 0.909. The van der Waals surface area contributed by atoms with Crippen LogP contribution >= 0.6 is 0 Å². The summed E-state index contributed by atoms with van der Waals surface area (Å²) in [5.74, 6) is 0.447. The Morgan fingerprint density at radius 2 is 2.24 bits per heavy atom. The van der Waals surface area contributed by atoms with E-state index in [0.717, 1.165) is 19.3 Å². The highest BCUT2D eigenvalue weighted by molar-refractivity contribution is 7.91. The Labute approximate surface area is 102 Å². The van der Waals surface area contributed by atoms with Crippen molar-refractivity contribution < 1.29 is 13.2 Å². The first-order chi connectivity index (χ1) is 8.03. The van der Waals surface area contributed by atoms with E-state index in [9.17, 15) is 13.2 Å². The van der Waals surface area contributed by atoms with Crippen LogP contribution < -0.4 is 5.32 Å². The number of carbonyl (C=O) groups is 1. The second-order valence-corrected chi connectivity index (χ2v) is 7.15. The van der Waals surface area contributed by atoms with Crippen molar-refractivity contribution in [2.75, 3.05) is 18.2 Å². The number of sulfone groups is 1. The Bertz CT molecular complexity index is 394. The minimum atomic E-state index is -2.91. The lowest BCUT2D eigenvalue weighted by atomic mass is 10.1. The predicted molar refractivity (Wildman–Crippen MR) is 65.2 cm³/mol. The fourth-order valence-electron chi connectivity index (χ4n) is 2.54. The minimum Gasteiger partial charge on any atom is -0.325 e. The van der Waals surface area contributed by atoms with Gasteiger partial charge in [0.1, 0.15) is 0 Å². The Morgan fingerprint density at radius 3 is 2.82 bits per heavy atom. The zero-order valence-corrected chi connectivity index (χ0v) is 11.0. The molecule has 17 heavy (non-hydrogen) atoms. The van der Waals surface area contributed by atoms with Crippen LogP contribution in [0, 0.1) is 0 Å². The summed E-state index contributed by atoms with van der Waals surface area (Å²) in [5, 5.41) is 3.18. The summed E-state index contributed by atoms with van der Waals surface area (Å²) in [7, 11) is -2.91. The van der Waals surface area contributed by atoms with Gasteiger partial charge in [-0.2, -0.15) is 0 Å². The maximum atomic E-state index is 12.1. The fourth-order valence-corrected chi connectivity index (χ4v) is 4.27. The lowest BCUT2D eigenvalue weighted by Gasteiger charge is -2.21. The van der Waals surface area contributed by atoms with E-state index < -0.39 is 9.84 Å². The SMILES string of the molecule is CCCCC1NCN(C2CCS(=O)(=O)C2)C1=O. The predicted octanol–water partition coefficient (Wildman–Crippen LogP) is 0.122. The minimum absolute atomic E-state index is 0.0838. The van der Waals surface area contributed by atoms with Crippen LogP contribution in [-0.4, -0.2) is 49.5 Å². The number of unbranched alkanes of at least 4 members (excludes halogenated alkanes) is 1. The molecule has 0 aromatic carbocycles. The quantitative estimate of drug-likeness (QED) is 0.780. The van der Waals surface area contributed by atoms with E-state index in [1.807, 2.05) is 0 Å². The number of carbonyl (C=O) groups excluding carboxylic acids is 1. The molecule has 0 aromatic heterocycles. The van der Waals surface area contributed by atoms with Crippen LogP contribution in [0.25, 0.3) is 0 Å². The van der Waals surface area contributed by atoms with Crippen LogP contribution in [0.4, 0.5) is 0 Å². The maximum Gasteiger partial charge on any atom is 0.241 e. The van der Waals surface area contributed by atoms with Crippen molar-refractivity contribution >= 4 is 15.7 Å². The van der Waals surface area contributed by atoms with E-state index >= 15 is 0 Å². The zero-order chi connectivity index (χ0) is 12.5. The molecule has 0 aliphatic carbocycles. The van der Waals surface area contributed by atoms with Gasteiger partial charge in [-0.05, 0) is 12.8 Å². The highest BCUT2D eigenvalue weighted by Gasteiger charge is 2.40. The molecule has 2 saturated heterocycles. The highest BCUT2D eigenvalue weighted by atomic mass is 32.2. The molecule has 0 aromatic rings. The van der Waals surface area contributed by atoms with Gasteiger partial charge in [-0.25, -0.2) is 8.42 Å². The third kappa shape index (κ3) is 2.80. The topological polar surface area (TPSA) is 66.5 Å². The van der Waals surface area contributed by atoms with Crippen molar-refractivity contribution in [1.29, 1.82) is 0 Å². The summed E-state index contributed by atoms with van der Waals surface area (Å²) in [6, 6.07) is -0.204. The molecule has 2 aliphatic heterocycles. The standard InChI is InChI=1S/C11H20N2O3S/c1-2-3-4-10-11(14)13(8-12-10)9-5-6-17(15,16)7-9/h9-10,12H,2-8H2,1H3. The van der Waals surface area contributed by atoms with Gasteiger partial charge in [-0.15, -0.1) is 0 Å². The Balaban J connectivity index is 1.94. The molecular weight excluding hydrogens is 240 g/mol. The van der Waals surface area contributed by atoms with E-state index in [0.29, 0.717) is 13.1 Å². The second kappa shape index (κ2) is 4.94. The molecule has 0 radical (unpaired) electrons. The van der Waals surface area contributed by atoms with Gasteiger partial charge < -0.3 is 4.90 Å². The molecule has 2 unspecified atom stereocenters. The van der Waals surface area contributed by atoms with Crippen molar-refractivity contribution in [3.63, 3.8) is 0 Å². The normalized spacial score (nSPS) is 32.3. The second-order valence-electron chi connectivity index (χ2n) is 4.92. The first-order valence-electron chi connectivity index (χ1n) is 6.28. The van der Waals surface area contributed by atoms with E-state index in [1.165, 1.54) is 0 Å². The molecule has 2 fully saturated rings. The number of nitrogens with one attached hydrogen (secondary N) is 1. The van der Waals surface area contributed by atoms with Crippen LogP contribution in [0.2, 0.25) is 0 Å². The molecule has 6 heteroatoms. The smallest absolute Gasteiger partial charge is 0.241 e. The van der Waals surface area contributed by atoms with Crippen LogP contribution in [0.15, 0.2) is 0 Å². The first-order valence-corrected chi connectivity index (χ1v) is 8.10. The summed E-state index contributed by atoms with van der Waals surface area (Å²) in [6.45, 7) is 2.61. The summed E-state index contributed by atoms with van der Waals surface area (Å²) in [4.78, 5) is 13.8. The molecule has 2 atom stereocenters. The monoisotopic (exact) mass is 260 g/mol. The van der Waals surface area contributed by atoms with Crippen molar-refractivity contribution in [3.8, 4) is 0 Å². The van der Waals surface area contributed by atoms with E-state index in [1.54, 1.807) is 4.90 Å². The van der Waals surface area contributed by atoms with Gasteiger partial charge in [0.2, 0.25) is 5.91 Å². The molecule has 0 saturated carbocycles. The molecule has 1 N–H and O–H groups in total. The van der Waals surface area contributed by atoms with E-state index in [2.05, 4.69) is 12.2 Å². The van der Waals surface area contributed by atoms with Gasteiger partial charge in [0.15, 0.2) is 9.84 Å². The van der Waals surface area contributed by atoms with Gasteiger partial charge in [-0.1, -0.05) is 19.8 Å². The van der Waals surface area contributed by atoms with Crippen molar-refractivity contribution in [2.24, 2.45) is 0 Å². The van der Waals surface area contributed by atoms with Gasteiger partial charge in [0, 0.05) is 6.04 Å². The summed E-state index contributed by atoms with van der Waals surface area (Å²) >= 11 is 0. The van der Waals surface area contributed by atoms with E-state index in [-0.39, 0.29) is 29.5 Å². The lowest BCUT2D eigenvalue weighted by Crippen LogP contribution is -2.39. The van der Waals surface area contributed by atoms with Crippen LogP contribution in [0.5, 0.6) is 0 Å². The number of hydrogen-bond acceptors (Lipinski definition) is 4. The number of nitrogens with zero attached hydrogens (tertiary/aromatic N) is 1. The van der Waals surface area contributed by atoms with Gasteiger partial charge in [-0.3, -0.25) is 10.1 Å². The molecule has 5 nitrogen and oxygen atoms in total. The average Bonchev–Trinajstić information content (AvgIpc) is 2.79. The number of rotatable bonds is 4. The van der Waals surface area contributed by atoms with Gasteiger partial charge in [0.25, 0.3) is 0 Å². The summed E-state index contributed by atoms with van der Waals surface area (Å²) < 4.78 is 22.8. The number of amides is 1. The van der Waals surface area contributed by atoms with Crippen LogP contribution in [-0.2, 0) is 14.6 Å². The largest absolute Gasteiger partial charge is 0.325 e. The zero-order valence-electron chi connectivity index (χ0n) is 10.2. The Kier molecular flexibility index (Phi) is 3.73. The molecular formula is C11H20N2O3S. The Hall–Kier alpha value is -0.620. The van der Waals surface area contributed by atoms with Gasteiger partial charge in [0.05, 0.1) is 24.2 Å². The van der Waals surface area contributed by atoms with Crippen molar-refractivity contribution in [3.05, 3.63) is 0 Å². The molecule has 2 heterocycles. The summed E-state index contributed by atoms with van der Waals surface area (Å²) in [5.41, 5.74) is 0. The van der Waals surface area contributed by atoms with Crippen molar-refractivity contribution in [2.45, 2.75) is 44.7 Å². The lowest BCUT2D eigenvalue weighted by molar-refractivity contribution is -0.130. The van der Waals surface area contributed by atoms with Crippen molar-refractivity contribution in [1.82, 2.24) is 10.2 Å². The van der Waals surface area contributed by atoms with Gasteiger partial charge >= 0.3 is 0 Å². The molecule has 1 amide bonds. The molecule has 2 aliphatic rings. The molecule has 2 rings (SSSR count). The summed E-state index contributed by atoms with van der Waals surface area (Å²) in [6.07, 6.45) is 3.55. The molecule has 0 spiro atoms. The number of hydrogen-bond donors (Lipinski definition) is 1. The Morgan fingerprint density at radius 1 is 1.47 bits per heavy atom. The average molecular weight is 260 g/mol. The van der Waals surface area contributed by atoms with E-state index in [4.69, 9.17) is 0 Å². The molecule has 98 valence electrons. The highest BCUT2D eigenvalue weighted by Crippen LogP contribution is 2.21. The third-order valence-corrected chi connectivity index (χ3v) is 5.34. The maximum absolute atomic E-state index is 12.1. The van der Waals surface area contributed by atoms with Crippen LogP contribution in [0.1, 0.15) is 32.6 Å². The van der Waals surface area contributed by atoms with Crippen LogP contribution in [0.3, 0.4) is 0 Å². The first kappa shape index (κ1) is 12.8. The molecule has 0 bridgehead atoms.